The Kier molecular flexibility index (Phi) is 4.46. The van der Waals surface area contributed by atoms with E-state index in [-0.39, 0.29) is 11.4 Å². The van der Waals surface area contributed by atoms with Crippen molar-refractivity contribution in [3.8, 4) is 0 Å². The van der Waals surface area contributed by atoms with Gasteiger partial charge in [0, 0.05) is 6.54 Å². The molecule has 0 amide bonds. The zero-order chi connectivity index (χ0) is 16.4. The van der Waals surface area contributed by atoms with Gasteiger partial charge in [-0.2, -0.15) is 13.2 Å². The minimum absolute atomic E-state index is 0.174. The van der Waals surface area contributed by atoms with Crippen molar-refractivity contribution in [2.24, 2.45) is 0 Å². The quantitative estimate of drug-likeness (QED) is 0.852. The first-order chi connectivity index (χ1) is 10.3. The second-order valence-corrected chi connectivity index (χ2v) is 6.39. The van der Waals surface area contributed by atoms with Crippen LogP contribution in [0.15, 0.2) is 59.5 Å². The van der Waals surface area contributed by atoms with Gasteiger partial charge in [-0.1, -0.05) is 18.2 Å². The van der Waals surface area contributed by atoms with E-state index < -0.39 is 21.8 Å². The zero-order valence-corrected chi connectivity index (χ0v) is 12.5. The van der Waals surface area contributed by atoms with Crippen LogP contribution in [0.2, 0.25) is 0 Å². The van der Waals surface area contributed by atoms with Crippen LogP contribution in [0.5, 0.6) is 0 Å². The summed E-state index contributed by atoms with van der Waals surface area (Å²) in [7, 11) is -3.90. The molecule has 0 saturated carbocycles. The Hall–Kier alpha value is -2.02. The van der Waals surface area contributed by atoms with Crippen molar-refractivity contribution in [3.05, 3.63) is 60.2 Å². The van der Waals surface area contributed by atoms with E-state index in [0.717, 1.165) is 28.6 Å². The average molecular weight is 329 g/mol. The molecule has 0 aromatic heterocycles. The zero-order valence-electron chi connectivity index (χ0n) is 11.7. The molecular weight excluding hydrogens is 315 g/mol. The number of anilines is 1. The van der Waals surface area contributed by atoms with Gasteiger partial charge in [-0.15, -0.1) is 0 Å². The third-order valence-electron chi connectivity index (χ3n) is 3.10. The fraction of sp³-hybridized carbons (Fsp3) is 0.200. The van der Waals surface area contributed by atoms with Crippen molar-refractivity contribution in [3.63, 3.8) is 0 Å². The molecule has 0 radical (unpaired) electrons. The van der Waals surface area contributed by atoms with Crippen molar-refractivity contribution < 1.29 is 21.6 Å². The van der Waals surface area contributed by atoms with Crippen molar-refractivity contribution in [2.45, 2.75) is 18.0 Å². The highest BCUT2D eigenvalue weighted by Gasteiger charge is 2.31. The Morgan fingerprint density at radius 1 is 0.955 bits per heavy atom. The molecule has 0 aliphatic carbocycles. The van der Waals surface area contributed by atoms with Gasteiger partial charge < -0.3 is 0 Å². The minimum atomic E-state index is -4.49. The number of hydrogen-bond acceptors (Lipinski definition) is 2. The van der Waals surface area contributed by atoms with Gasteiger partial charge in [-0.05, 0) is 43.3 Å². The molecular formula is C15H14F3NO2S. The monoisotopic (exact) mass is 329 g/mol. The van der Waals surface area contributed by atoms with E-state index in [4.69, 9.17) is 0 Å². The number of benzene rings is 2. The second kappa shape index (κ2) is 6.00. The average Bonchev–Trinajstić information content (AvgIpc) is 2.48. The van der Waals surface area contributed by atoms with Crippen LogP contribution >= 0.6 is 0 Å². The third-order valence-corrected chi connectivity index (χ3v) is 5.02. The van der Waals surface area contributed by atoms with Gasteiger partial charge >= 0.3 is 6.18 Å². The smallest absolute Gasteiger partial charge is 0.267 e. The summed E-state index contributed by atoms with van der Waals surface area (Å²) in [4.78, 5) is -0.175. The Labute approximate surface area is 127 Å². The molecule has 0 heterocycles. The number of hydrogen-bond donors (Lipinski definition) is 0. The minimum Gasteiger partial charge on any atom is -0.267 e. The van der Waals surface area contributed by atoms with Crippen LogP contribution in [0.1, 0.15) is 12.5 Å². The highest BCUT2D eigenvalue weighted by molar-refractivity contribution is 7.92. The topological polar surface area (TPSA) is 37.4 Å². The van der Waals surface area contributed by atoms with E-state index in [1.165, 1.54) is 0 Å². The molecule has 0 aliphatic heterocycles. The Balaban J connectivity index is 2.41. The van der Waals surface area contributed by atoms with Gasteiger partial charge in [0.25, 0.3) is 10.0 Å². The summed E-state index contributed by atoms with van der Waals surface area (Å²) in [6.45, 7) is 1.84. The maximum absolute atomic E-state index is 12.6. The van der Waals surface area contributed by atoms with E-state index in [9.17, 15) is 21.6 Å². The number of alkyl halides is 3. The number of halogens is 3. The first-order valence-corrected chi connectivity index (χ1v) is 7.96. The van der Waals surface area contributed by atoms with Gasteiger partial charge in [0.05, 0.1) is 16.1 Å². The molecule has 0 atom stereocenters. The van der Waals surface area contributed by atoms with E-state index in [2.05, 4.69) is 0 Å². The third kappa shape index (κ3) is 3.24. The molecule has 118 valence electrons. The molecule has 22 heavy (non-hydrogen) atoms. The lowest BCUT2D eigenvalue weighted by Gasteiger charge is -2.23. The van der Waals surface area contributed by atoms with Crippen molar-refractivity contribution in [2.75, 3.05) is 10.8 Å². The summed E-state index contributed by atoms with van der Waals surface area (Å²) < 4.78 is 63.9. The Morgan fingerprint density at radius 3 is 1.95 bits per heavy atom. The molecule has 0 bridgehead atoms. The number of nitrogens with zero attached hydrogens (tertiary/aromatic N) is 1. The highest BCUT2D eigenvalue weighted by Crippen LogP contribution is 2.30. The summed E-state index contributed by atoms with van der Waals surface area (Å²) in [6, 6.07) is 11.9. The van der Waals surface area contributed by atoms with Crippen LogP contribution in [0.3, 0.4) is 0 Å². The summed E-state index contributed by atoms with van der Waals surface area (Å²) >= 11 is 0. The SMILES string of the molecule is CCN(c1ccccc1)S(=O)(=O)c1ccc(C(F)(F)F)cc1. The van der Waals surface area contributed by atoms with Crippen LogP contribution in [-0.2, 0) is 16.2 Å². The molecule has 2 aromatic carbocycles. The van der Waals surface area contributed by atoms with Gasteiger partial charge in [0.15, 0.2) is 0 Å². The van der Waals surface area contributed by atoms with Crippen molar-refractivity contribution in [1.29, 1.82) is 0 Å². The second-order valence-electron chi connectivity index (χ2n) is 4.53. The maximum Gasteiger partial charge on any atom is 0.416 e. The first-order valence-electron chi connectivity index (χ1n) is 6.52. The highest BCUT2D eigenvalue weighted by atomic mass is 32.2. The van der Waals surface area contributed by atoms with Crippen LogP contribution in [0.25, 0.3) is 0 Å². The van der Waals surface area contributed by atoms with Crippen molar-refractivity contribution >= 4 is 15.7 Å². The van der Waals surface area contributed by atoms with Crippen molar-refractivity contribution in [1.82, 2.24) is 0 Å². The predicted octanol–water partition coefficient (Wildman–Crippen LogP) is 3.92. The number of rotatable bonds is 4. The molecule has 0 N–H and O–H groups in total. The summed E-state index contributed by atoms with van der Waals surface area (Å²) in [6.07, 6.45) is -4.49. The fourth-order valence-electron chi connectivity index (χ4n) is 2.03. The number of sulfonamides is 1. The molecule has 7 heteroatoms. The molecule has 0 fully saturated rings. The van der Waals surface area contributed by atoms with Gasteiger partial charge in [-0.3, -0.25) is 4.31 Å². The van der Waals surface area contributed by atoms with Crippen LogP contribution in [0, 0.1) is 0 Å². The van der Waals surface area contributed by atoms with Gasteiger partial charge in [0.1, 0.15) is 0 Å². The van der Waals surface area contributed by atoms with Crippen LogP contribution < -0.4 is 4.31 Å². The maximum atomic E-state index is 12.6. The van der Waals surface area contributed by atoms with E-state index >= 15 is 0 Å². The lowest BCUT2D eigenvalue weighted by atomic mass is 10.2. The lowest BCUT2D eigenvalue weighted by molar-refractivity contribution is -0.137. The van der Waals surface area contributed by atoms with Gasteiger partial charge in [0.2, 0.25) is 0 Å². The molecule has 0 unspecified atom stereocenters. The fourth-order valence-corrected chi connectivity index (χ4v) is 3.50. The summed E-state index contributed by atoms with van der Waals surface area (Å²) in [5, 5.41) is 0. The molecule has 3 nitrogen and oxygen atoms in total. The van der Waals surface area contributed by atoms with E-state index in [0.29, 0.717) is 5.69 Å². The van der Waals surface area contributed by atoms with E-state index in [1.807, 2.05) is 0 Å². The molecule has 0 saturated heterocycles. The normalized spacial score (nSPS) is 12.2. The van der Waals surface area contributed by atoms with Crippen LogP contribution in [-0.4, -0.2) is 15.0 Å². The summed E-state index contributed by atoms with van der Waals surface area (Å²) in [5.41, 5.74) is -0.417. The standard InChI is InChI=1S/C15H14F3NO2S/c1-2-19(13-6-4-3-5-7-13)22(20,21)14-10-8-12(9-11-14)15(16,17)18/h3-11H,2H2,1H3. The molecule has 0 spiro atoms. The summed E-state index contributed by atoms with van der Waals surface area (Å²) in [5.74, 6) is 0. The largest absolute Gasteiger partial charge is 0.416 e. The lowest BCUT2D eigenvalue weighted by Crippen LogP contribution is -2.30. The van der Waals surface area contributed by atoms with Crippen LogP contribution in [0.4, 0.5) is 18.9 Å². The first kappa shape index (κ1) is 16.4. The number of para-hydroxylation sites is 1. The Morgan fingerprint density at radius 2 is 1.50 bits per heavy atom. The Bertz CT molecular complexity index is 726. The molecule has 2 aromatic rings. The predicted molar refractivity (Wildman–Crippen MR) is 78.1 cm³/mol. The molecule has 2 rings (SSSR count). The molecule has 0 aliphatic rings. The van der Waals surface area contributed by atoms with Gasteiger partial charge in [-0.25, -0.2) is 8.42 Å². The van der Waals surface area contributed by atoms with E-state index in [1.54, 1.807) is 37.3 Å².